The summed E-state index contributed by atoms with van der Waals surface area (Å²) in [7, 11) is 0. The molecule has 8 heteroatoms. The number of aliphatic carboxylic acids is 1. The van der Waals surface area contributed by atoms with Crippen molar-refractivity contribution < 1.29 is 24.2 Å². The van der Waals surface area contributed by atoms with Gasteiger partial charge in [0.15, 0.2) is 11.5 Å². The van der Waals surface area contributed by atoms with Gasteiger partial charge in [0.2, 0.25) is 6.79 Å². The summed E-state index contributed by atoms with van der Waals surface area (Å²) in [5.41, 5.74) is 1.21. The second kappa shape index (κ2) is 6.36. The highest BCUT2D eigenvalue weighted by molar-refractivity contribution is 7.13. The Hall–Kier alpha value is -2.61. The van der Waals surface area contributed by atoms with Gasteiger partial charge < -0.3 is 19.9 Å². The fraction of sp³-hybridized carbons (Fsp3) is 0.353. The topological polar surface area (TPSA) is 97.8 Å². The summed E-state index contributed by atoms with van der Waals surface area (Å²) in [6.45, 7) is 0.211. The molecule has 1 fully saturated rings. The zero-order chi connectivity index (χ0) is 17.4. The van der Waals surface area contributed by atoms with E-state index in [1.54, 1.807) is 5.38 Å². The van der Waals surface area contributed by atoms with Gasteiger partial charge in [-0.05, 0) is 37.5 Å². The molecule has 4 rings (SSSR count). The quantitative estimate of drug-likeness (QED) is 0.869. The van der Waals surface area contributed by atoms with Gasteiger partial charge in [-0.25, -0.2) is 4.98 Å². The molecule has 2 aromatic rings. The van der Waals surface area contributed by atoms with Crippen LogP contribution in [0.5, 0.6) is 11.5 Å². The van der Waals surface area contributed by atoms with Crippen LogP contribution in [0.15, 0.2) is 23.6 Å². The minimum Gasteiger partial charge on any atom is -0.481 e. The fourth-order valence-corrected chi connectivity index (χ4v) is 3.93. The van der Waals surface area contributed by atoms with Gasteiger partial charge in [0.1, 0.15) is 10.7 Å². The molecule has 0 unspecified atom stereocenters. The summed E-state index contributed by atoms with van der Waals surface area (Å²) < 4.78 is 10.6. The van der Waals surface area contributed by atoms with E-state index in [9.17, 15) is 9.59 Å². The molecule has 0 bridgehead atoms. The molecule has 0 saturated heterocycles. The Morgan fingerprint density at radius 3 is 2.88 bits per heavy atom. The second-order valence-electron chi connectivity index (χ2n) is 6.12. The van der Waals surface area contributed by atoms with Gasteiger partial charge in [0.05, 0.1) is 5.92 Å². The van der Waals surface area contributed by atoms with Crippen molar-refractivity contribution in [3.8, 4) is 22.1 Å². The van der Waals surface area contributed by atoms with E-state index < -0.39 is 5.97 Å². The van der Waals surface area contributed by atoms with Crippen LogP contribution in [-0.4, -0.2) is 34.8 Å². The molecule has 25 heavy (non-hydrogen) atoms. The van der Waals surface area contributed by atoms with E-state index in [-0.39, 0.29) is 24.7 Å². The Morgan fingerprint density at radius 1 is 1.24 bits per heavy atom. The number of nitrogens with one attached hydrogen (secondary N) is 1. The van der Waals surface area contributed by atoms with Crippen molar-refractivity contribution in [2.24, 2.45) is 5.92 Å². The van der Waals surface area contributed by atoms with Crippen molar-refractivity contribution in [3.63, 3.8) is 0 Å². The van der Waals surface area contributed by atoms with Crippen LogP contribution in [0.1, 0.15) is 29.8 Å². The molecule has 7 nitrogen and oxygen atoms in total. The Morgan fingerprint density at radius 2 is 2.08 bits per heavy atom. The fourth-order valence-electron chi connectivity index (χ4n) is 3.14. The minimum absolute atomic E-state index is 0.107. The minimum atomic E-state index is -0.796. The highest BCUT2D eigenvalue weighted by Gasteiger charge is 2.31. The van der Waals surface area contributed by atoms with Crippen molar-refractivity contribution in [1.29, 1.82) is 0 Å². The highest BCUT2D eigenvalue weighted by Crippen LogP contribution is 2.36. The lowest BCUT2D eigenvalue weighted by atomic mass is 10.1. The van der Waals surface area contributed by atoms with Crippen LogP contribution in [0, 0.1) is 5.92 Å². The first kappa shape index (κ1) is 15.9. The molecule has 0 spiro atoms. The van der Waals surface area contributed by atoms with E-state index in [0.717, 1.165) is 10.6 Å². The zero-order valence-electron chi connectivity index (χ0n) is 13.2. The van der Waals surface area contributed by atoms with E-state index in [0.29, 0.717) is 36.5 Å². The maximum atomic E-state index is 12.3. The highest BCUT2D eigenvalue weighted by atomic mass is 32.1. The third-order valence-electron chi connectivity index (χ3n) is 4.47. The van der Waals surface area contributed by atoms with Gasteiger partial charge in [0, 0.05) is 17.0 Å². The Bertz CT molecular complexity index is 834. The Balaban J connectivity index is 1.44. The van der Waals surface area contributed by atoms with Crippen molar-refractivity contribution in [2.45, 2.75) is 25.3 Å². The predicted molar refractivity (Wildman–Crippen MR) is 89.9 cm³/mol. The maximum absolute atomic E-state index is 12.3. The average Bonchev–Trinajstić information content (AvgIpc) is 3.33. The van der Waals surface area contributed by atoms with E-state index >= 15 is 0 Å². The van der Waals surface area contributed by atoms with Gasteiger partial charge in [0.25, 0.3) is 5.91 Å². The largest absolute Gasteiger partial charge is 0.481 e. The van der Waals surface area contributed by atoms with E-state index in [1.165, 1.54) is 11.3 Å². The Labute approximate surface area is 147 Å². The maximum Gasteiger partial charge on any atom is 0.306 e. The number of aromatic nitrogens is 1. The van der Waals surface area contributed by atoms with Crippen LogP contribution in [0.2, 0.25) is 0 Å². The zero-order valence-corrected chi connectivity index (χ0v) is 14.0. The molecule has 2 aliphatic rings. The number of hydrogen-bond acceptors (Lipinski definition) is 6. The van der Waals surface area contributed by atoms with Gasteiger partial charge >= 0.3 is 5.97 Å². The van der Waals surface area contributed by atoms with Crippen LogP contribution >= 0.6 is 11.3 Å². The number of carbonyl (C=O) groups excluding carboxylic acids is 1. The summed E-state index contributed by atoms with van der Waals surface area (Å²) in [4.78, 5) is 27.7. The number of carboxylic acid groups (broad SMARTS) is 1. The number of hydrogen-bond donors (Lipinski definition) is 2. The molecule has 130 valence electrons. The normalized spacial score (nSPS) is 21.3. The molecular formula is C17H16N2O5S. The van der Waals surface area contributed by atoms with Crippen LogP contribution < -0.4 is 14.8 Å². The number of nitrogens with zero attached hydrogens (tertiary/aromatic N) is 1. The van der Waals surface area contributed by atoms with E-state index in [4.69, 9.17) is 14.6 Å². The third-order valence-corrected chi connectivity index (χ3v) is 5.36. The van der Waals surface area contributed by atoms with Crippen molar-refractivity contribution in [2.75, 3.05) is 6.79 Å². The molecule has 2 N–H and O–H groups in total. The average molecular weight is 360 g/mol. The first-order valence-corrected chi connectivity index (χ1v) is 8.87. The second-order valence-corrected chi connectivity index (χ2v) is 6.98. The van der Waals surface area contributed by atoms with Gasteiger partial charge in [-0.3, -0.25) is 9.59 Å². The number of carboxylic acids is 1. The molecule has 1 aromatic heterocycles. The third kappa shape index (κ3) is 3.17. The van der Waals surface area contributed by atoms with Gasteiger partial charge in [-0.1, -0.05) is 0 Å². The molecule has 1 saturated carbocycles. The number of thiazole rings is 1. The van der Waals surface area contributed by atoms with Crippen LogP contribution in [-0.2, 0) is 4.79 Å². The lowest BCUT2D eigenvalue weighted by Gasteiger charge is -2.10. The first-order chi connectivity index (χ1) is 12.1. The first-order valence-electron chi connectivity index (χ1n) is 7.99. The molecule has 2 heterocycles. The monoisotopic (exact) mass is 360 g/mol. The number of benzene rings is 1. The number of amides is 1. The number of ether oxygens (including phenoxy) is 2. The lowest BCUT2D eigenvalue weighted by molar-refractivity contribution is -0.141. The van der Waals surface area contributed by atoms with Crippen LogP contribution in [0.4, 0.5) is 0 Å². The predicted octanol–water partition coefficient (Wildman–Crippen LogP) is 2.52. The smallest absolute Gasteiger partial charge is 0.306 e. The molecule has 1 aliphatic heterocycles. The number of fused-ring (bicyclic) bond motifs is 1. The summed E-state index contributed by atoms with van der Waals surface area (Å²) >= 11 is 1.38. The van der Waals surface area contributed by atoms with Gasteiger partial charge in [-0.2, -0.15) is 0 Å². The van der Waals surface area contributed by atoms with Crippen molar-refractivity contribution >= 4 is 23.2 Å². The van der Waals surface area contributed by atoms with Crippen LogP contribution in [0.25, 0.3) is 10.6 Å². The molecule has 1 aromatic carbocycles. The molecule has 1 aliphatic carbocycles. The molecule has 0 radical (unpaired) electrons. The van der Waals surface area contributed by atoms with Crippen LogP contribution in [0.3, 0.4) is 0 Å². The number of rotatable bonds is 4. The van der Waals surface area contributed by atoms with Crippen molar-refractivity contribution in [3.05, 3.63) is 29.3 Å². The SMILES string of the molecule is O=C(N[C@@H]1CC[C@H](C(=O)O)C1)c1csc(-c2ccc3c(c2)OCO3)n1. The summed E-state index contributed by atoms with van der Waals surface area (Å²) in [5, 5.41) is 14.3. The van der Waals surface area contributed by atoms with E-state index in [2.05, 4.69) is 10.3 Å². The number of carbonyl (C=O) groups is 2. The lowest BCUT2D eigenvalue weighted by Crippen LogP contribution is -2.33. The van der Waals surface area contributed by atoms with E-state index in [1.807, 2.05) is 18.2 Å². The molecule has 2 atom stereocenters. The van der Waals surface area contributed by atoms with Crippen molar-refractivity contribution in [1.82, 2.24) is 10.3 Å². The summed E-state index contributed by atoms with van der Waals surface area (Å²) in [5.74, 6) is -0.0587. The Kier molecular flexibility index (Phi) is 4.04. The van der Waals surface area contributed by atoms with Gasteiger partial charge in [-0.15, -0.1) is 11.3 Å². The summed E-state index contributed by atoms with van der Waals surface area (Å²) in [6, 6.07) is 5.44. The standard InChI is InChI=1S/C17H16N2O5S/c20-15(18-11-3-1-10(5-11)17(21)22)12-7-25-16(19-12)9-2-4-13-14(6-9)24-8-23-13/h2,4,6-7,10-11H,1,3,5,8H2,(H,18,20)(H,21,22)/t10-,11+/m0/s1. The molecule has 1 amide bonds. The molecular weight excluding hydrogens is 344 g/mol. The summed E-state index contributed by atoms with van der Waals surface area (Å²) in [6.07, 6.45) is 1.75.